The van der Waals surface area contributed by atoms with Crippen molar-refractivity contribution in [3.8, 4) is 90.7 Å². The summed E-state index contributed by atoms with van der Waals surface area (Å²) in [7, 11) is 0. The van der Waals surface area contributed by atoms with Gasteiger partial charge in [0.1, 0.15) is 0 Å². The third-order valence-electron chi connectivity index (χ3n) is 10.3. The molecule has 10 rings (SSSR count). The first-order valence-electron chi connectivity index (χ1n) is 17.7. The highest BCUT2D eigenvalue weighted by Crippen LogP contribution is 2.55. The zero-order valence-corrected chi connectivity index (χ0v) is 29.1. The van der Waals surface area contributed by atoms with E-state index in [9.17, 15) is 0 Å². The van der Waals surface area contributed by atoms with Gasteiger partial charge in [0.15, 0.2) is 40.5 Å². The molecule has 0 fully saturated rings. The minimum atomic E-state index is -0.146. The molecule has 0 radical (unpaired) electrons. The van der Waals surface area contributed by atoms with Crippen LogP contribution in [0.3, 0.4) is 0 Å². The summed E-state index contributed by atoms with van der Waals surface area (Å²) < 4.78 is 13.1. The Bertz CT molecular complexity index is 2710. The first-order chi connectivity index (χ1) is 26.0. The van der Waals surface area contributed by atoms with E-state index in [1.54, 1.807) is 6.20 Å². The fourth-order valence-electron chi connectivity index (χ4n) is 7.57. The Morgan fingerprint density at radius 1 is 0.396 bits per heavy atom. The molecule has 0 amide bonds. The van der Waals surface area contributed by atoms with Gasteiger partial charge in [-0.25, -0.2) is 15.0 Å². The Kier molecular flexibility index (Phi) is 7.05. The van der Waals surface area contributed by atoms with E-state index in [1.165, 1.54) is 22.3 Å². The maximum absolute atomic E-state index is 6.63. The Labute approximate surface area is 307 Å². The van der Waals surface area contributed by atoms with Crippen LogP contribution in [0.15, 0.2) is 158 Å². The number of hydrogen-bond donors (Lipinski definition) is 0. The number of pyridine rings is 1. The first-order valence-corrected chi connectivity index (χ1v) is 17.7. The van der Waals surface area contributed by atoms with E-state index in [2.05, 4.69) is 85.6 Å². The van der Waals surface area contributed by atoms with Crippen molar-refractivity contribution < 1.29 is 9.47 Å². The third-order valence-corrected chi connectivity index (χ3v) is 10.3. The van der Waals surface area contributed by atoms with Gasteiger partial charge in [0.25, 0.3) is 0 Å². The van der Waals surface area contributed by atoms with Gasteiger partial charge in [0.05, 0.1) is 5.69 Å². The van der Waals surface area contributed by atoms with Gasteiger partial charge in [-0.1, -0.05) is 123 Å². The monoisotopic (exact) mass is 684 g/mol. The highest BCUT2D eigenvalue weighted by molar-refractivity contribution is 5.85. The van der Waals surface area contributed by atoms with Crippen molar-refractivity contribution >= 4 is 0 Å². The highest BCUT2D eigenvalue weighted by atomic mass is 16.6. The van der Waals surface area contributed by atoms with E-state index < -0.39 is 0 Å². The fourth-order valence-corrected chi connectivity index (χ4v) is 7.57. The van der Waals surface area contributed by atoms with Crippen LogP contribution in [0.1, 0.15) is 25.0 Å². The lowest BCUT2D eigenvalue weighted by Gasteiger charge is -2.25. The molecule has 1 aliphatic heterocycles. The maximum atomic E-state index is 6.63. The molecule has 6 aromatic carbocycles. The van der Waals surface area contributed by atoms with Gasteiger partial charge >= 0.3 is 0 Å². The second-order valence-corrected chi connectivity index (χ2v) is 13.9. The number of fused-ring (bicyclic) bond motifs is 5. The van der Waals surface area contributed by atoms with Gasteiger partial charge < -0.3 is 9.47 Å². The molecular weight excluding hydrogens is 653 g/mol. The molecule has 2 aliphatic rings. The maximum Gasteiger partial charge on any atom is 0.170 e. The standard InChI is InChI=1S/C47H32N4O2/c1-47(2)37-20-9-8-18-34(37)36-27-42-43(28-38(36)47)53-41-26-30(22-23-40(41)52-42)33-17-6-7-19-35(33)46-50-44(29-13-4-3-5-14-29)49-45(51-46)32-16-12-15-31(25-32)39-21-10-11-24-48-39/h3-28H,1-2H3. The zero-order chi connectivity index (χ0) is 35.5. The molecule has 0 saturated carbocycles. The lowest BCUT2D eigenvalue weighted by Crippen LogP contribution is -2.15. The SMILES string of the molecule is CC1(C)c2ccccc2-c2cc3c(cc21)Oc1cc(-c2ccccc2-c2nc(-c4ccccc4)nc(-c4cccc(-c5ccccn5)c4)n2)ccc1O3. The number of ether oxygens (including phenoxy) is 2. The van der Waals surface area contributed by atoms with Crippen molar-refractivity contribution in [3.05, 3.63) is 169 Å². The van der Waals surface area contributed by atoms with Gasteiger partial charge in [0, 0.05) is 33.9 Å². The number of aromatic nitrogens is 4. The highest BCUT2D eigenvalue weighted by Gasteiger charge is 2.37. The van der Waals surface area contributed by atoms with E-state index in [1.807, 2.05) is 84.9 Å². The number of hydrogen-bond acceptors (Lipinski definition) is 6. The van der Waals surface area contributed by atoms with Crippen molar-refractivity contribution in [3.63, 3.8) is 0 Å². The van der Waals surface area contributed by atoms with Gasteiger partial charge in [-0.2, -0.15) is 0 Å². The minimum Gasteiger partial charge on any atom is -0.449 e. The smallest absolute Gasteiger partial charge is 0.170 e. The largest absolute Gasteiger partial charge is 0.449 e. The van der Waals surface area contributed by atoms with Crippen LogP contribution in [0.4, 0.5) is 0 Å². The molecule has 0 spiro atoms. The summed E-state index contributed by atoms with van der Waals surface area (Å²) in [5, 5.41) is 0. The molecule has 1 aliphatic carbocycles. The number of nitrogens with zero attached hydrogens (tertiary/aromatic N) is 4. The average molecular weight is 685 g/mol. The van der Waals surface area contributed by atoms with Gasteiger partial charge in [-0.3, -0.25) is 4.98 Å². The van der Waals surface area contributed by atoms with E-state index in [0.717, 1.165) is 44.8 Å². The molecule has 0 atom stereocenters. The molecule has 6 heteroatoms. The molecule has 0 bridgehead atoms. The van der Waals surface area contributed by atoms with Crippen LogP contribution in [-0.2, 0) is 5.41 Å². The van der Waals surface area contributed by atoms with Crippen LogP contribution >= 0.6 is 0 Å². The molecule has 0 unspecified atom stereocenters. The summed E-state index contributed by atoms with van der Waals surface area (Å²) >= 11 is 0. The minimum absolute atomic E-state index is 0.146. The topological polar surface area (TPSA) is 70.0 Å². The molecule has 0 saturated heterocycles. The van der Waals surface area contributed by atoms with E-state index >= 15 is 0 Å². The van der Waals surface area contributed by atoms with Crippen LogP contribution in [0, 0.1) is 0 Å². The molecule has 3 heterocycles. The Hall–Kier alpha value is -6.92. The van der Waals surface area contributed by atoms with Crippen LogP contribution in [0.5, 0.6) is 23.0 Å². The van der Waals surface area contributed by atoms with Crippen molar-refractivity contribution in [1.82, 2.24) is 19.9 Å². The summed E-state index contributed by atoms with van der Waals surface area (Å²) in [4.78, 5) is 19.7. The number of benzene rings is 6. The predicted octanol–water partition coefficient (Wildman–Crippen LogP) is 11.8. The summed E-state index contributed by atoms with van der Waals surface area (Å²) in [6.07, 6.45) is 1.80. The second-order valence-electron chi connectivity index (χ2n) is 13.9. The van der Waals surface area contributed by atoms with Crippen LogP contribution < -0.4 is 9.47 Å². The Morgan fingerprint density at radius 3 is 1.87 bits per heavy atom. The first kappa shape index (κ1) is 30.9. The molecule has 2 aromatic heterocycles. The quantitative estimate of drug-likeness (QED) is 0.180. The third kappa shape index (κ3) is 5.26. The molecule has 0 N–H and O–H groups in total. The van der Waals surface area contributed by atoms with Crippen molar-refractivity contribution in [1.29, 1.82) is 0 Å². The van der Waals surface area contributed by atoms with E-state index in [0.29, 0.717) is 34.7 Å². The van der Waals surface area contributed by atoms with Crippen molar-refractivity contribution in [2.45, 2.75) is 19.3 Å². The summed E-state index contributed by atoms with van der Waals surface area (Å²) in [6.45, 7) is 4.54. The van der Waals surface area contributed by atoms with Crippen molar-refractivity contribution in [2.75, 3.05) is 0 Å². The van der Waals surface area contributed by atoms with Crippen LogP contribution in [0.2, 0.25) is 0 Å². The number of rotatable bonds is 5. The second kappa shape index (κ2) is 12.1. The van der Waals surface area contributed by atoms with Crippen molar-refractivity contribution in [2.24, 2.45) is 0 Å². The molecule has 53 heavy (non-hydrogen) atoms. The summed E-state index contributed by atoms with van der Waals surface area (Å²) in [6, 6.07) is 51.3. The van der Waals surface area contributed by atoms with E-state index in [-0.39, 0.29) is 5.41 Å². The molecule has 8 aromatic rings. The normalized spacial score (nSPS) is 13.2. The Morgan fingerprint density at radius 2 is 1.04 bits per heavy atom. The Balaban J connectivity index is 1.05. The average Bonchev–Trinajstić information content (AvgIpc) is 3.44. The molecule has 252 valence electrons. The van der Waals surface area contributed by atoms with Gasteiger partial charge in [0.2, 0.25) is 0 Å². The summed E-state index contributed by atoms with van der Waals surface area (Å²) in [5.41, 5.74) is 11.3. The van der Waals surface area contributed by atoms with Crippen LogP contribution in [0.25, 0.3) is 67.7 Å². The molecular formula is C47H32N4O2. The lowest BCUT2D eigenvalue weighted by atomic mass is 9.82. The van der Waals surface area contributed by atoms with E-state index in [4.69, 9.17) is 24.4 Å². The fraction of sp³-hybridized carbons (Fsp3) is 0.0638. The lowest BCUT2D eigenvalue weighted by molar-refractivity contribution is 0.359. The van der Waals surface area contributed by atoms with Gasteiger partial charge in [-0.15, -0.1) is 0 Å². The van der Waals surface area contributed by atoms with Gasteiger partial charge in [-0.05, 0) is 75.8 Å². The molecule has 6 nitrogen and oxygen atoms in total. The summed E-state index contributed by atoms with van der Waals surface area (Å²) in [5.74, 6) is 4.51. The zero-order valence-electron chi connectivity index (χ0n) is 29.1. The van der Waals surface area contributed by atoms with Crippen LogP contribution in [-0.4, -0.2) is 19.9 Å². The predicted molar refractivity (Wildman–Crippen MR) is 209 cm³/mol.